The second-order valence-corrected chi connectivity index (χ2v) is 6.38. The van der Waals surface area contributed by atoms with Crippen LogP contribution in [0.3, 0.4) is 0 Å². The van der Waals surface area contributed by atoms with E-state index in [1.807, 2.05) is 0 Å². The van der Waals surface area contributed by atoms with Gasteiger partial charge in [-0.2, -0.15) is 0 Å². The van der Waals surface area contributed by atoms with Crippen molar-refractivity contribution in [3.05, 3.63) is 9.48 Å². The number of amides is 1. The third-order valence-corrected chi connectivity index (χ3v) is 4.48. The Morgan fingerprint density at radius 1 is 1.60 bits per heavy atom. The predicted molar refractivity (Wildman–Crippen MR) is 73.9 cm³/mol. The zero-order valence-corrected chi connectivity index (χ0v) is 12.9. The standard InChI is InChI=1S/C11H11BrN2O5S/c1-2-19-10(18)7-8(12)20-11(13-7)14-4-5(9(16)17)3-6(14)15/h5H,2-4H2,1H3,(H,16,17). The fourth-order valence-corrected chi connectivity index (χ4v) is 3.28. The molecule has 108 valence electrons. The summed E-state index contributed by atoms with van der Waals surface area (Å²) in [6.07, 6.45) is -0.0543. The number of carbonyl (C=O) groups is 3. The molecule has 1 aromatic heterocycles. The molecular weight excluding hydrogens is 352 g/mol. The maximum Gasteiger partial charge on any atom is 0.359 e. The molecule has 20 heavy (non-hydrogen) atoms. The number of carboxylic acids is 1. The largest absolute Gasteiger partial charge is 0.481 e. The van der Waals surface area contributed by atoms with E-state index in [-0.39, 0.29) is 31.2 Å². The molecule has 0 radical (unpaired) electrons. The van der Waals surface area contributed by atoms with E-state index in [0.29, 0.717) is 8.92 Å². The van der Waals surface area contributed by atoms with E-state index in [1.54, 1.807) is 6.92 Å². The number of hydrogen-bond acceptors (Lipinski definition) is 6. The molecule has 1 aliphatic heterocycles. The number of rotatable bonds is 4. The number of aromatic nitrogens is 1. The molecule has 1 aromatic rings. The van der Waals surface area contributed by atoms with Crippen LogP contribution in [0.5, 0.6) is 0 Å². The topological polar surface area (TPSA) is 96.8 Å². The van der Waals surface area contributed by atoms with Gasteiger partial charge in [0, 0.05) is 13.0 Å². The smallest absolute Gasteiger partial charge is 0.359 e. The molecule has 1 saturated heterocycles. The van der Waals surface area contributed by atoms with Gasteiger partial charge >= 0.3 is 11.9 Å². The van der Waals surface area contributed by atoms with Crippen LogP contribution in [0.4, 0.5) is 5.13 Å². The summed E-state index contributed by atoms with van der Waals surface area (Å²) in [6, 6.07) is 0. The van der Waals surface area contributed by atoms with Gasteiger partial charge in [0.25, 0.3) is 0 Å². The highest BCUT2D eigenvalue weighted by atomic mass is 79.9. The van der Waals surface area contributed by atoms with Crippen LogP contribution >= 0.6 is 27.3 Å². The number of carboxylic acid groups (broad SMARTS) is 1. The highest BCUT2D eigenvalue weighted by Gasteiger charge is 2.37. The minimum Gasteiger partial charge on any atom is -0.481 e. The monoisotopic (exact) mass is 362 g/mol. The molecular formula is C11H11BrN2O5S. The van der Waals surface area contributed by atoms with Gasteiger partial charge < -0.3 is 9.84 Å². The molecule has 7 nitrogen and oxygen atoms in total. The molecule has 1 atom stereocenters. The van der Waals surface area contributed by atoms with Crippen molar-refractivity contribution in [3.63, 3.8) is 0 Å². The van der Waals surface area contributed by atoms with Gasteiger partial charge in [-0.15, -0.1) is 0 Å². The molecule has 0 spiro atoms. The van der Waals surface area contributed by atoms with Gasteiger partial charge in [0.2, 0.25) is 5.91 Å². The number of ether oxygens (including phenoxy) is 1. The second kappa shape index (κ2) is 5.88. The zero-order valence-electron chi connectivity index (χ0n) is 10.5. The predicted octanol–water partition coefficient (Wildman–Crippen LogP) is 1.52. The molecule has 1 unspecified atom stereocenters. The van der Waals surface area contributed by atoms with Gasteiger partial charge in [0.1, 0.15) is 3.79 Å². The van der Waals surface area contributed by atoms with Crippen LogP contribution in [-0.4, -0.2) is 41.1 Å². The van der Waals surface area contributed by atoms with Crippen molar-refractivity contribution < 1.29 is 24.2 Å². The summed E-state index contributed by atoms with van der Waals surface area (Å²) in [5.41, 5.74) is 0.0958. The Hall–Kier alpha value is -1.48. The molecule has 0 bridgehead atoms. The summed E-state index contributed by atoms with van der Waals surface area (Å²) in [5.74, 6) is -2.64. The zero-order chi connectivity index (χ0) is 14.9. The highest BCUT2D eigenvalue weighted by molar-refractivity contribution is 9.11. The highest BCUT2D eigenvalue weighted by Crippen LogP contribution is 2.34. The van der Waals surface area contributed by atoms with E-state index >= 15 is 0 Å². The minimum absolute atomic E-state index is 0.0543. The summed E-state index contributed by atoms with van der Waals surface area (Å²) in [6.45, 7) is 1.97. The van der Waals surface area contributed by atoms with Gasteiger partial charge in [-0.1, -0.05) is 11.3 Å². The first-order valence-electron chi connectivity index (χ1n) is 5.80. The summed E-state index contributed by atoms with van der Waals surface area (Å²) in [4.78, 5) is 39.7. The van der Waals surface area contributed by atoms with Gasteiger partial charge in [-0.05, 0) is 22.9 Å². The van der Waals surface area contributed by atoms with E-state index < -0.39 is 17.9 Å². The third kappa shape index (κ3) is 2.83. The van der Waals surface area contributed by atoms with Crippen molar-refractivity contribution in [1.82, 2.24) is 4.98 Å². The van der Waals surface area contributed by atoms with Crippen molar-refractivity contribution in [3.8, 4) is 0 Å². The van der Waals surface area contributed by atoms with Gasteiger partial charge in [-0.25, -0.2) is 9.78 Å². The third-order valence-electron chi connectivity index (χ3n) is 2.75. The molecule has 1 N–H and O–H groups in total. The number of esters is 1. The number of halogens is 1. The van der Waals surface area contributed by atoms with Crippen LogP contribution in [0.2, 0.25) is 0 Å². The lowest BCUT2D eigenvalue weighted by Crippen LogP contribution is -2.25. The van der Waals surface area contributed by atoms with Gasteiger partial charge in [-0.3, -0.25) is 14.5 Å². The second-order valence-electron chi connectivity index (χ2n) is 4.08. The number of nitrogens with zero attached hydrogens (tertiary/aromatic N) is 2. The lowest BCUT2D eigenvalue weighted by atomic mass is 10.1. The van der Waals surface area contributed by atoms with E-state index in [9.17, 15) is 14.4 Å². The fourth-order valence-electron chi connectivity index (χ4n) is 1.79. The van der Waals surface area contributed by atoms with Crippen LogP contribution in [-0.2, 0) is 14.3 Å². The van der Waals surface area contributed by atoms with Crippen molar-refractivity contribution in [1.29, 1.82) is 0 Å². The lowest BCUT2D eigenvalue weighted by molar-refractivity contribution is -0.141. The Bertz CT molecular complexity index is 573. The normalized spacial score (nSPS) is 18.4. The molecule has 0 aliphatic carbocycles. The maximum atomic E-state index is 11.8. The van der Waals surface area contributed by atoms with Crippen molar-refractivity contribution >= 4 is 50.2 Å². The molecule has 2 rings (SSSR count). The molecule has 0 aromatic carbocycles. The van der Waals surface area contributed by atoms with Crippen molar-refractivity contribution in [2.24, 2.45) is 5.92 Å². The van der Waals surface area contributed by atoms with Gasteiger partial charge in [0.15, 0.2) is 10.8 Å². The Morgan fingerprint density at radius 3 is 2.85 bits per heavy atom. The molecule has 0 saturated carbocycles. The molecule has 1 fully saturated rings. The maximum absolute atomic E-state index is 11.8. The average Bonchev–Trinajstić information content (AvgIpc) is 2.93. The fraction of sp³-hybridized carbons (Fsp3) is 0.455. The summed E-state index contributed by atoms with van der Waals surface area (Å²) in [7, 11) is 0. The molecule has 1 aliphatic rings. The first kappa shape index (κ1) is 14.9. The van der Waals surface area contributed by atoms with Crippen LogP contribution in [0.25, 0.3) is 0 Å². The molecule has 2 heterocycles. The van der Waals surface area contributed by atoms with Crippen molar-refractivity contribution in [2.75, 3.05) is 18.1 Å². The summed E-state index contributed by atoms with van der Waals surface area (Å²) >= 11 is 4.30. The van der Waals surface area contributed by atoms with Crippen LogP contribution in [0.15, 0.2) is 3.79 Å². The summed E-state index contributed by atoms with van der Waals surface area (Å²) in [5, 5.41) is 9.23. The quantitative estimate of drug-likeness (QED) is 0.815. The van der Waals surface area contributed by atoms with Crippen LogP contribution < -0.4 is 4.90 Å². The first-order chi connectivity index (χ1) is 9.43. The lowest BCUT2D eigenvalue weighted by Gasteiger charge is -2.11. The minimum atomic E-state index is -1.01. The van der Waals surface area contributed by atoms with E-state index in [0.717, 1.165) is 11.3 Å². The Morgan fingerprint density at radius 2 is 2.30 bits per heavy atom. The molecule has 1 amide bonds. The Balaban J connectivity index is 2.22. The van der Waals surface area contributed by atoms with E-state index in [2.05, 4.69) is 20.9 Å². The van der Waals surface area contributed by atoms with Crippen LogP contribution in [0.1, 0.15) is 23.8 Å². The SMILES string of the molecule is CCOC(=O)c1nc(N2CC(C(=O)O)CC2=O)sc1Br. The Labute approximate surface area is 126 Å². The van der Waals surface area contributed by atoms with Crippen molar-refractivity contribution in [2.45, 2.75) is 13.3 Å². The van der Waals surface area contributed by atoms with Crippen LogP contribution in [0, 0.1) is 5.92 Å². The van der Waals surface area contributed by atoms with E-state index in [4.69, 9.17) is 9.84 Å². The number of hydrogen-bond donors (Lipinski definition) is 1. The van der Waals surface area contributed by atoms with E-state index in [1.165, 1.54) is 4.90 Å². The number of anilines is 1. The molecule has 9 heteroatoms. The number of carbonyl (C=O) groups excluding carboxylic acids is 2. The van der Waals surface area contributed by atoms with Gasteiger partial charge in [0.05, 0.1) is 12.5 Å². The number of thiazole rings is 1. The number of aliphatic carboxylic acids is 1. The Kier molecular flexibility index (Phi) is 4.39. The summed E-state index contributed by atoms with van der Waals surface area (Å²) < 4.78 is 5.30. The first-order valence-corrected chi connectivity index (χ1v) is 7.41. The average molecular weight is 363 g/mol.